The van der Waals surface area contributed by atoms with Gasteiger partial charge >= 0.3 is 0 Å². The second kappa shape index (κ2) is 5.66. The van der Waals surface area contributed by atoms with Gasteiger partial charge in [0.2, 0.25) is 5.78 Å². The predicted molar refractivity (Wildman–Crippen MR) is 84.3 cm³/mol. The van der Waals surface area contributed by atoms with Gasteiger partial charge in [-0.15, -0.1) is 0 Å². The molecule has 0 unspecified atom stereocenters. The van der Waals surface area contributed by atoms with Crippen molar-refractivity contribution < 1.29 is 14.4 Å². The van der Waals surface area contributed by atoms with Crippen LogP contribution in [-0.4, -0.2) is 15.8 Å². The first kappa shape index (κ1) is 14.4. The second-order valence-electron chi connectivity index (χ2n) is 4.90. The van der Waals surface area contributed by atoms with Crippen molar-refractivity contribution in [2.24, 2.45) is 0 Å². The molecule has 4 nitrogen and oxygen atoms in total. The van der Waals surface area contributed by atoms with Crippen LogP contribution in [-0.2, 0) is 4.79 Å². The van der Waals surface area contributed by atoms with Gasteiger partial charge in [0, 0.05) is 5.39 Å². The molecule has 0 spiro atoms. The van der Waals surface area contributed by atoms with Crippen LogP contribution in [0.3, 0.4) is 0 Å². The number of ketones is 1. The maximum Gasteiger partial charge on any atom is 0.293 e. The molecular formula is C17H12ClNO3. The first-order valence-corrected chi connectivity index (χ1v) is 7.03. The van der Waals surface area contributed by atoms with Crippen molar-refractivity contribution >= 4 is 33.5 Å². The Morgan fingerprint density at radius 1 is 1.09 bits per heavy atom. The van der Waals surface area contributed by atoms with E-state index < -0.39 is 11.0 Å². The summed E-state index contributed by atoms with van der Waals surface area (Å²) in [6.45, 7) is 1.96. The number of aryl methyl sites for hydroxylation is 1. The van der Waals surface area contributed by atoms with E-state index in [-0.39, 0.29) is 5.56 Å². The first-order chi connectivity index (χ1) is 10.6. The smallest absolute Gasteiger partial charge is 0.293 e. The maximum atomic E-state index is 11.9. The summed E-state index contributed by atoms with van der Waals surface area (Å²) in [5.74, 6) is -0.110. The van der Waals surface area contributed by atoms with Gasteiger partial charge in [0.1, 0.15) is 0 Å². The monoisotopic (exact) mass is 313 g/mol. The molecule has 0 aliphatic rings. The van der Waals surface area contributed by atoms with E-state index in [0.29, 0.717) is 16.7 Å². The summed E-state index contributed by atoms with van der Waals surface area (Å²) in [5, 5.41) is -0.396. The van der Waals surface area contributed by atoms with Crippen molar-refractivity contribution in [3.63, 3.8) is 0 Å². The summed E-state index contributed by atoms with van der Waals surface area (Å²) in [7, 11) is 0. The molecule has 110 valence electrons. The van der Waals surface area contributed by atoms with E-state index in [2.05, 4.69) is 0 Å². The Morgan fingerprint density at radius 3 is 2.59 bits per heavy atom. The van der Waals surface area contributed by atoms with E-state index in [1.807, 2.05) is 37.3 Å². The van der Waals surface area contributed by atoms with Crippen molar-refractivity contribution in [3.8, 4) is 5.75 Å². The van der Waals surface area contributed by atoms with Gasteiger partial charge in [-0.2, -0.15) is 4.73 Å². The summed E-state index contributed by atoms with van der Waals surface area (Å²) in [6, 6.07) is 14.7. The minimum Gasteiger partial charge on any atom is -0.375 e. The minimum absolute atomic E-state index is 0.225. The van der Waals surface area contributed by atoms with Crippen molar-refractivity contribution in [2.75, 3.05) is 0 Å². The van der Waals surface area contributed by atoms with Crippen LogP contribution in [0.4, 0.5) is 0 Å². The molecule has 5 heteroatoms. The Bertz CT molecular complexity index is 882. The molecule has 3 aromatic rings. The molecule has 0 aliphatic carbocycles. The van der Waals surface area contributed by atoms with Crippen LogP contribution in [0.2, 0.25) is 0 Å². The third kappa shape index (κ3) is 2.61. The first-order valence-electron chi connectivity index (χ1n) is 6.65. The van der Waals surface area contributed by atoms with Crippen LogP contribution >= 0.6 is 11.6 Å². The van der Waals surface area contributed by atoms with Gasteiger partial charge < -0.3 is 4.84 Å². The molecule has 0 aliphatic heterocycles. The molecule has 0 saturated heterocycles. The average Bonchev–Trinajstić information content (AvgIpc) is 2.85. The number of para-hydroxylation sites is 1. The van der Waals surface area contributed by atoms with E-state index in [4.69, 9.17) is 16.4 Å². The van der Waals surface area contributed by atoms with Crippen LogP contribution < -0.4 is 4.84 Å². The number of halogens is 1. The lowest BCUT2D eigenvalue weighted by Gasteiger charge is -2.07. The zero-order chi connectivity index (χ0) is 15.7. The van der Waals surface area contributed by atoms with Crippen molar-refractivity contribution in [3.05, 3.63) is 65.9 Å². The standard InChI is InChI=1S/C17H12ClNO3/c1-11-5-4-6-12(9-11)22-19-10-14(16(20)17(18)21)13-7-2-3-8-15(13)19/h2-10H,1H3. The normalized spacial score (nSPS) is 10.6. The Labute approximate surface area is 131 Å². The lowest BCUT2D eigenvalue weighted by Crippen LogP contribution is -2.07. The molecule has 3 rings (SSSR count). The van der Waals surface area contributed by atoms with Gasteiger partial charge in [-0.25, -0.2) is 0 Å². The molecule has 0 N–H and O–H groups in total. The maximum absolute atomic E-state index is 11.9. The Balaban J connectivity index is 2.10. The summed E-state index contributed by atoms with van der Waals surface area (Å²) < 4.78 is 1.47. The number of fused-ring (bicyclic) bond motifs is 1. The number of aromatic nitrogens is 1. The lowest BCUT2D eigenvalue weighted by molar-refractivity contribution is -0.108. The number of carbonyl (C=O) groups is 2. The number of hydrogen-bond acceptors (Lipinski definition) is 3. The van der Waals surface area contributed by atoms with Gasteiger partial charge in [0.25, 0.3) is 5.24 Å². The molecule has 0 amide bonds. The fourth-order valence-electron chi connectivity index (χ4n) is 2.30. The molecular weight excluding hydrogens is 302 g/mol. The number of Topliss-reactive ketones (excluding diaryl/α,β-unsaturated/α-hetero) is 1. The van der Waals surface area contributed by atoms with Crippen molar-refractivity contribution in [2.45, 2.75) is 6.92 Å². The fraction of sp³-hybridized carbons (Fsp3) is 0.0588. The molecule has 1 heterocycles. The Kier molecular flexibility index (Phi) is 3.69. The van der Waals surface area contributed by atoms with E-state index in [0.717, 1.165) is 5.56 Å². The summed E-state index contributed by atoms with van der Waals surface area (Å²) in [6.07, 6.45) is 1.48. The number of nitrogens with zero attached hydrogens (tertiary/aromatic N) is 1. The number of hydrogen-bond donors (Lipinski definition) is 0. The molecule has 1 aromatic heterocycles. The summed E-state index contributed by atoms with van der Waals surface area (Å²) in [4.78, 5) is 28.9. The van der Waals surface area contributed by atoms with E-state index in [9.17, 15) is 9.59 Å². The summed E-state index contributed by atoms with van der Waals surface area (Å²) in [5.41, 5.74) is 1.97. The number of rotatable bonds is 4. The topological polar surface area (TPSA) is 48.3 Å². The zero-order valence-corrected chi connectivity index (χ0v) is 12.5. The van der Waals surface area contributed by atoms with Crippen LogP contribution in [0.5, 0.6) is 5.75 Å². The van der Waals surface area contributed by atoms with Crippen LogP contribution in [0, 0.1) is 6.92 Å². The Morgan fingerprint density at radius 2 is 1.86 bits per heavy atom. The van der Waals surface area contributed by atoms with Crippen molar-refractivity contribution in [1.29, 1.82) is 0 Å². The lowest BCUT2D eigenvalue weighted by atomic mass is 10.1. The quantitative estimate of drug-likeness (QED) is 0.419. The van der Waals surface area contributed by atoms with Gasteiger partial charge in [-0.1, -0.05) is 30.3 Å². The largest absolute Gasteiger partial charge is 0.375 e. The van der Waals surface area contributed by atoms with E-state index >= 15 is 0 Å². The van der Waals surface area contributed by atoms with Gasteiger partial charge in [0.05, 0.1) is 17.3 Å². The molecule has 0 atom stereocenters. The van der Waals surface area contributed by atoms with Gasteiger partial charge in [-0.05, 0) is 42.3 Å². The molecule has 2 aromatic carbocycles. The number of carbonyl (C=O) groups excluding carboxylic acids is 2. The summed E-state index contributed by atoms with van der Waals surface area (Å²) >= 11 is 5.31. The van der Waals surface area contributed by atoms with Crippen molar-refractivity contribution in [1.82, 2.24) is 4.73 Å². The molecule has 0 fully saturated rings. The zero-order valence-electron chi connectivity index (χ0n) is 11.7. The van der Waals surface area contributed by atoms with Crippen LogP contribution in [0.25, 0.3) is 10.9 Å². The highest BCUT2D eigenvalue weighted by Crippen LogP contribution is 2.24. The van der Waals surface area contributed by atoms with Crippen LogP contribution in [0.1, 0.15) is 15.9 Å². The number of benzene rings is 2. The van der Waals surface area contributed by atoms with E-state index in [1.165, 1.54) is 10.9 Å². The van der Waals surface area contributed by atoms with E-state index in [1.54, 1.807) is 18.2 Å². The minimum atomic E-state index is -1.02. The van der Waals surface area contributed by atoms with Crippen LogP contribution in [0.15, 0.2) is 54.7 Å². The highest BCUT2D eigenvalue weighted by molar-refractivity contribution is 6.83. The average molecular weight is 314 g/mol. The second-order valence-corrected chi connectivity index (χ2v) is 5.24. The molecule has 0 bridgehead atoms. The Hall–Kier alpha value is -2.59. The SMILES string of the molecule is Cc1cccc(On2cc(C(=O)C(=O)Cl)c3ccccc32)c1. The highest BCUT2D eigenvalue weighted by atomic mass is 35.5. The third-order valence-electron chi connectivity index (χ3n) is 3.29. The molecule has 0 radical (unpaired) electrons. The highest BCUT2D eigenvalue weighted by Gasteiger charge is 2.20. The molecule has 0 saturated carbocycles. The third-order valence-corrected chi connectivity index (χ3v) is 3.47. The molecule has 22 heavy (non-hydrogen) atoms. The van der Waals surface area contributed by atoms with Gasteiger partial charge in [-0.3, -0.25) is 9.59 Å². The van der Waals surface area contributed by atoms with Gasteiger partial charge in [0.15, 0.2) is 5.75 Å². The predicted octanol–water partition coefficient (Wildman–Crippen LogP) is 3.74. The fourth-order valence-corrected chi connectivity index (χ4v) is 2.40.